The Morgan fingerprint density at radius 3 is 2.73 bits per heavy atom. The number of anilines is 1. The highest BCUT2D eigenvalue weighted by molar-refractivity contribution is 6.31. The zero-order valence-corrected chi connectivity index (χ0v) is 18.6. The topological polar surface area (TPSA) is 80.0 Å². The van der Waals surface area contributed by atoms with Crippen LogP contribution < -0.4 is 10.6 Å². The molecule has 2 heterocycles. The van der Waals surface area contributed by atoms with Gasteiger partial charge in [0.2, 0.25) is 0 Å². The second-order valence-corrected chi connectivity index (χ2v) is 8.48. The summed E-state index contributed by atoms with van der Waals surface area (Å²) in [4.78, 5) is 17.3. The summed E-state index contributed by atoms with van der Waals surface area (Å²) >= 11 is 6.18. The van der Waals surface area contributed by atoms with E-state index >= 15 is 0 Å². The Morgan fingerprint density at radius 2 is 1.88 bits per heavy atom. The standard InChI is InChI=1S/C25H22ClFN4O2/c26-16-7-10-19-21(13-16)30-20-4-2-1-3-18(20)24(19)28-11-12-29-25(32)22-14-23(33-31-22)15-5-8-17(27)9-6-15/h5-10,13-14H,1-4,11-12H2,(H,28,30)(H,29,32). The molecule has 5 rings (SSSR count). The highest BCUT2D eigenvalue weighted by Crippen LogP contribution is 2.34. The number of fused-ring (bicyclic) bond motifs is 2. The minimum Gasteiger partial charge on any atom is -0.382 e. The van der Waals surface area contributed by atoms with Gasteiger partial charge in [0.25, 0.3) is 5.91 Å². The lowest BCUT2D eigenvalue weighted by molar-refractivity contribution is 0.0946. The molecule has 0 bridgehead atoms. The lowest BCUT2D eigenvalue weighted by Gasteiger charge is -2.22. The molecule has 2 N–H and O–H groups in total. The van der Waals surface area contributed by atoms with E-state index in [1.54, 1.807) is 18.2 Å². The molecule has 8 heteroatoms. The molecule has 0 radical (unpaired) electrons. The lowest BCUT2D eigenvalue weighted by atomic mass is 9.92. The van der Waals surface area contributed by atoms with Crippen molar-refractivity contribution in [3.8, 4) is 11.3 Å². The highest BCUT2D eigenvalue weighted by Gasteiger charge is 2.18. The molecule has 0 atom stereocenters. The van der Waals surface area contributed by atoms with Crippen LogP contribution in [0.5, 0.6) is 0 Å². The predicted molar refractivity (Wildman–Crippen MR) is 126 cm³/mol. The van der Waals surface area contributed by atoms with Crippen LogP contribution in [0.3, 0.4) is 0 Å². The van der Waals surface area contributed by atoms with Crippen LogP contribution in [0.1, 0.15) is 34.6 Å². The SMILES string of the molecule is O=C(NCCNc1c2c(nc3cc(Cl)ccc13)CCCC2)c1cc(-c2ccc(F)cc2)on1. The average molecular weight is 465 g/mol. The van der Waals surface area contributed by atoms with Crippen LogP contribution in [0, 0.1) is 5.82 Å². The fourth-order valence-corrected chi connectivity index (χ4v) is 4.35. The van der Waals surface area contributed by atoms with Crippen LogP contribution in [-0.2, 0) is 12.8 Å². The maximum absolute atomic E-state index is 13.1. The number of halogens is 2. The zero-order chi connectivity index (χ0) is 22.8. The molecule has 6 nitrogen and oxygen atoms in total. The van der Waals surface area contributed by atoms with E-state index in [0.29, 0.717) is 29.4 Å². The summed E-state index contributed by atoms with van der Waals surface area (Å²) in [6.07, 6.45) is 4.23. The van der Waals surface area contributed by atoms with Crippen LogP contribution in [-0.4, -0.2) is 29.1 Å². The molecule has 2 aromatic carbocycles. The molecule has 168 valence electrons. The minimum atomic E-state index is -0.338. The number of aromatic nitrogens is 2. The van der Waals surface area contributed by atoms with Gasteiger partial charge in [-0.1, -0.05) is 16.8 Å². The first kappa shape index (κ1) is 21.4. The number of nitrogens with zero attached hydrogens (tertiary/aromatic N) is 2. The largest absolute Gasteiger partial charge is 0.382 e. The summed E-state index contributed by atoms with van der Waals surface area (Å²) in [5.74, 6) is -0.260. The first-order valence-corrected chi connectivity index (χ1v) is 11.3. The van der Waals surface area contributed by atoms with E-state index in [0.717, 1.165) is 48.0 Å². The third-order valence-corrected chi connectivity index (χ3v) is 6.04. The number of amides is 1. The van der Waals surface area contributed by atoms with Gasteiger partial charge in [0.15, 0.2) is 11.5 Å². The number of benzene rings is 2. The Labute approximate surface area is 195 Å². The Bertz CT molecular complexity index is 1320. The van der Waals surface area contributed by atoms with E-state index in [1.165, 1.54) is 17.7 Å². The summed E-state index contributed by atoms with van der Waals surface area (Å²) in [5, 5.41) is 11.9. The van der Waals surface area contributed by atoms with Crippen LogP contribution in [0.4, 0.5) is 10.1 Å². The molecule has 0 aliphatic heterocycles. The number of pyridine rings is 1. The first-order valence-electron chi connectivity index (χ1n) is 10.9. The fraction of sp³-hybridized carbons (Fsp3) is 0.240. The van der Waals surface area contributed by atoms with E-state index in [4.69, 9.17) is 21.1 Å². The minimum absolute atomic E-state index is 0.177. The first-order chi connectivity index (χ1) is 16.1. The van der Waals surface area contributed by atoms with E-state index in [9.17, 15) is 9.18 Å². The number of carbonyl (C=O) groups is 1. The maximum atomic E-state index is 13.1. The van der Waals surface area contributed by atoms with Crippen molar-refractivity contribution in [3.05, 3.63) is 76.3 Å². The maximum Gasteiger partial charge on any atom is 0.273 e. The monoisotopic (exact) mass is 464 g/mol. The van der Waals surface area contributed by atoms with Crippen molar-refractivity contribution in [1.82, 2.24) is 15.5 Å². The van der Waals surface area contributed by atoms with Crippen LogP contribution in [0.2, 0.25) is 5.02 Å². The third kappa shape index (κ3) is 4.54. The number of rotatable bonds is 6. The van der Waals surface area contributed by atoms with E-state index in [2.05, 4.69) is 15.8 Å². The van der Waals surface area contributed by atoms with Crippen molar-refractivity contribution in [2.45, 2.75) is 25.7 Å². The summed E-state index contributed by atoms with van der Waals surface area (Å²) in [6.45, 7) is 0.951. The van der Waals surface area contributed by atoms with Gasteiger partial charge in [-0.15, -0.1) is 0 Å². The summed E-state index contributed by atoms with van der Waals surface area (Å²) in [6, 6.07) is 13.1. The summed E-state index contributed by atoms with van der Waals surface area (Å²) in [5.41, 5.74) is 5.15. The number of hydrogen-bond donors (Lipinski definition) is 2. The molecule has 33 heavy (non-hydrogen) atoms. The normalized spacial score (nSPS) is 13.0. The van der Waals surface area contributed by atoms with Gasteiger partial charge in [-0.05, 0) is 73.7 Å². The van der Waals surface area contributed by atoms with Crippen molar-refractivity contribution in [2.75, 3.05) is 18.4 Å². The Balaban J connectivity index is 1.25. The summed E-state index contributed by atoms with van der Waals surface area (Å²) in [7, 11) is 0. The number of hydrogen-bond acceptors (Lipinski definition) is 5. The fourth-order valence-electron chi connectivity index (χ4n) is 4.19. The molecule has 0 fully saturated rings. The second kappa shape index (κ2) is 9.19. The molecule has 1 aliphatic rings. The highest BCUT2D eigenvalue weighted by atomic mass is 35.5. The van der Waals surface area contributed by atoms with E-state index in [-0.39, 0.29) is 17.4 Å². The molecule has 0 spiro atoms. The van der Waals surface area contributed by atoms with Crippen molar-refractivity contribution in [3.63, 3.8) is 0 Å². The number of carbonyl (C=O) groups excluding carboxylic acids is 1. The molecule has 1 amide bonds. The zero-order valence-electron chi connectivity index (χ0n) is 17.8. The molecule has 0 saturated heterocycles. The van der Waals surface area contributed by atoms with Gasteiger partial charge in [-0.2, -0.15) is 0 Å². The predicted octanol–water partition coefficient (Wildman–Crippen LogP) is 5.40. The Hall–Kier alpha value is -3.45. The lowest BCUT2D eigenvalue weighted by Crippen LogP contribution is -2.29. The van der Waals surface area contributed by atoms with Gasteiger partial charge in [-0.3, -0.25) is 9.78 Å². The smallest absolute Gasteiger partial charge is 0.273 e. The average Bonchev–Trinajstić information content (AvgIpc) is 3.32. The van der Waals surface area contributed by atoms with Crippen molar-refractivity contribution in [2.24, 2.45) is 0 Å². The van der Waals surface area contributed by atoms with Crippen LogP contribution in [0.25, 0.3) is 22.2 Å². The van der Waals surface area contributed by atoms with Gasteiger partial charge >= 0.3 is 0 Å². The summed E-state index contributed by atoms with van der Waals surface area (Å²) < 4.78 is 18.3. The second-order valence-electron chi connectivity index (χ2n) is 8.05. The number of aryl methyl sites for hydroxylation is 1. The van der Waals surface area contributed by atoms with Gasteiger partial charge in [-0.25, -0.2) is 4.39 Å². The van der Waals surface area contributed by atoms with Crippen LogP contribution in [0.15, 0.2) is 53.1 Å². The van der Waals surface area contributed by atoms with Crippen LogP contribution >= 0.6 is 11.6 Å². The van der Waals surface area contributed by atoms with Gasteiger partial charge < -0.3 is 15.2 Å². The van der Waals surface area contributed by atoms with Gasteiger partial charge in [0.1, 0.15) is 5.82 Å². The molecule has 0 saturated carbocycles. The van der Waals surface area contributed by atoms with Crippen molar-refractivity contribution < 1.29 is 13.7 Å². The Kier molecular flexibility index (Phi) is 5.96. The third-order valence-electron chi connectivity index (χ3n) is 5.81. The molecular weight excluding hydrogens is 443 g/mol. The molecular formula is C25H22ClFN4O2. The Morgan fingerprint density at radius 1 is 1.06 bits per heavy atom. The van der Waals surface area contributed by atoms with Crippen molar-refractivity contribution in [1.29, 1.82) is 0 Å². The van der Waals surface area contributed by atoms with Gasteiger partial charge in [0.05, 0.1) is 5.52 Å². The molecule has 2 aromatic heterocycles. The van der Waals surface area contributed by atoms with E-state index < -0.39 is 0 Å². The molecule has 0 unspecified atom stereocenters. The quantitative estimate of drug-likeness (QED) is 0.373. The van der Waals surface area contributed by atoms with E-state index in [1.807, 2.05) is 18.2 Å². The number of nitrogens with one attached hydrogen (secondary N) is 2. The van der Waals surface area contributed by atoms with Crippen molar-refractivity contribution >= 4 is 34.1 Å². The molecule has 1 aliphatic carbocycles. The molecule has 4 aromatic rings. The van der Waals surface area contributed by atoms with Gasteiger partial charge in [0, 0.05) is 46.5 Å².